The number of ether oxygens (including phenoxy) is 1. The van der Waals surface area contributed by atoms with Crippen LogP contribution in [0.4, 0.5) is 22.4 Å². The van der Waals surface area contributed by atoms with Gasteiger partial charge in [0.1, 0.15) is 11.6 Å². The van der Waals surface area contributed by atoms with Crippen LogP contribution in [-0.4, -0.2) is 17.6 Å². The third kappa shape index (κ3) is 6.98. The van der Waals surface area contributed by atoms with E-state index in [2.05, 4.69) is 15.6 Å². The molecule has 0 bridgehead atoms. The van der Waals surface area contributed by atoms with E-state index in [9.17, 15) is 22.4 Å². The maximum Gasteiger partial charge on any atom is 0.416 e. The van der Waals surface area contributed by atoms with E-state index in [1.54, 1.807) is 18.2 Å². The van der Waals surface area contributed by atoms with Crippen molar-refractivity contribution in [3.8, 4) is 11.6 Å². The zero-order valence-electron chi connectivity index (χ0n) is 16.2. The highest BCUT2D eigenvalue weighted by atomic mass is 19.4. The zero-order valence-corrected chi connectivity index (χ0v) is 16.2. The summed E-state index contributed by atoms with van der Waals surface area (Å²) in [6.45, 7) is 0.495. The van der Waals surface area contributed by atoms with Crippen molar-refractivity contribution in [2.45, 2.75) is 19.1 Å². The van der Waals surface area contributed by atoms with E-state index < -0.39 is 23.6 Å². The molecule has 0 aliphatic carbocycles. The van der Waals surface area contributed by atoms with Crippen molar-refractivity contribution in [2.24, 2.45) is 0 Å². The van der Waals surface area contributed by atoms with Gasteiger partial charge in [-0.25, -0.2) is 14.2 Å². The fraction of sp³-hybridized carbons (Fsp3) is 0.182. The van der Waals surface area contributed by atoms with Crippen LogP contribution in [0.25, 0.3) is 0 Å². The van der Waals surface area contributed by atoms with Crippen molar-refractivity contribution in [3.05, 3.63) is 89.4 Å². The Morgan fingerprint density at radius 1 is 0.968 bits per heavy atom. The fourth-order valence-electron chi connectivity index (χ4n) is 2.65. The molecule has 0 fully saturated rings. The van der Waals surface area contributed by atoms with Gasteiger partial charge in [0, 0.05) is 31.4 Å². The van der Waals surface area contributed by atoms with Gasteiger partial charge in [-0.05, 0) is 41.8 Å². The van der Waals surface area contributed by atoms with Crippen LogP contribution in [0, 0.1) is 5.82 Å². The van der Waals surface area contributed by atoms with E-state index in [0.717, 1.165) is 17.7 Å². The van der Waals surface area contributed by atoms with Crippen LogP contribution in [0.2, 0.25) is 0 Å². The summed E-state index contributed by atoms with van der Waals surface area (Å²) in [4.78, 5) is 16.0. The van der Waals surface area contributed by atoms with Gasteiger partial charge >= 0.3 is 12.2 Å². The monoisotopic (exact) mass is 433 g/mol. The molecule has 31 heavy (non-hydrogen) atoms. The second-order valence-electron chi connectivity index (χ2n) is 6.62. The summed E-state index contributed by atoms with van der Waals surface area (Å²) < 4.78 is 56.3. The molecule has 2 amide bonds. The SMILES string of the molecule is O=C(NCCc1ccc(C(F)(F)F)cc1)NCc1ccc(Oc2cccc(F)c2)nc1. The van der Waals surface area contributed by atoms with Crippen LogP contribution in [-0.2, 0) is 19.1 Å². The summed E-state index contributed by atoms with van der Waals surface area (Å²) in [5.74, 6) is 0.198. The molecule has 0 saturated carbocycles. The maximum atomic E-state index is 13.2. The summed E-state index contributed by atoms with van der Waals surface area (Å²) in [6, 6.07) is 13.4. The molecule has 0 saturated heterocycles. The van der Waals surface area contributed by atoms with Crippen molar-refractivity contribution in [2.75, 3.05) is 6.54 Å². The van der Waals surface area contributed by atoms with Crippen molar-refractivity contribution in [3.63, 3.8) is 0 Å². The molecular weight excluding hydrogens is 414 g/mol. The highest BCUT2D eigenvalue weighted by Crippen LogP contribution is 2.29. The van der Waals surface area contributed by atoms with E-state index in [1.807, 2.05) is 0 Å². The maximum absolute atomic E-state index is 13.2. The molecule has 0 unspecified atom stereocenters. The van der Waals surface area contributed by atoms with Crippen LogP contribution < -0.4 is 15.4 Å². The third-order valence-corrected chi connectivity index (χ3v) is 4.25. The summed E-state index contributed by atoms with van der Waals surface area (Å²) >= 11 is 0. The lowest BCUT2D eigenvalue weighted by molar-refractivity contribution is -0.137. The summed E-state index contributed by atoms with van der Waals surface area (Å²) in [5.41, 5.74) is 0.707. The van der Waals surface area contributed by atoms with Gasteiger partial charge in [0.2, 0.25) is 5.88 Å². The van der Waals surface area contributed by atoms with E-state index in [0.29, 0.717) is 17.7 Å². The highest BCUT2D eigenvalue weighted by molar-refractivity contribution is 5.73. The van der Waals surface area contributed by atoms with Gasteiger partial charge in [0.15, 0.2) is 0 Å². The molecule has 5 nitrogen and oxygen atoms in total. The minimum atomic E-state index is -4.37. The number of carbonyl (C=O) groups is 1. The van der Waals surface area contributed by atoms with Gasteiger partial charge in [-0.2, -0.15) is 13.2 Å². The summed E-state index contributed by atoms with van der Waals surface area (Å²) in [5, 5.41) is 5.30. The molecule has 0 aliphatic heterocycles. The Bertz CT molecular complexity index is 1010. The van der Waals surface area contributed by atoms with Crippen molar-refractivity contribution in [1.82, 2.24) is 15.6 Å². The van der Waals surface area contributed by atoms with E-state index in [4.69, 9.17) is 4.74 Å². The Kier molecular flexibility index (Phi) is 7.07. The molecular formula is C22H19F4N3O2. The lowest BCUT2D eigenvalue weighted by Gasteiger charge is -2.10. The zero-order chi connectivity index (χ0) is 22.3. The average Bonchev–Trinajstić information content (AvgIpc) is 2.73. The number of aromatic nitrogens is 1. The van der Waals surface area contributed by atoms with Gasteiger partial charge < -0.3 is 15.4 Å². The minimum absolute atomic E-state index is 0.222. The molecule has 0 spiro atoms. The molecule has 9 heteroatoms. The van der Waals surface area contributed by atoms with Gasteiger partial charge in [-0.1, -0.05) is 24.3 Å². The van der Waals surface area contributed by atoms with Crippen LogP contribution >= 0.6 is 0 Å². The van der Waals surface area contributed by atoms with E-state index >= 15 is 0 Å². The molecule has 2 aromatic carbocycles. The first-order chi connectivity index (χ1) is 14.8. The average molecular weight is 433 g/mol. The first kappa shape index (κ1) is 22.1. The van der Waals surface area contributed by atoms with Crippen molar-refractivity contribution >= 4 is 6.03 Å². The van der Waals surface area contributed by atoms with Crippen molar-refractivity contribution < 1.29 is 27.1 Å². The normalized spacial score (nSPS) is 11.1. The number of halogens is 4. The quantitative estimate of drug-likeness (QED) is 0.511. The standard InChI is InChI=1S/C22H19F4N3O2/c23-18-2-1-3-19(12-18)31-20-9-6-16(13-28-20)14-29-21(30)27-11-10-15-4-7-17(8-5-15)22(24,25)26/h1-9,12-13H,10-11,14H2,(H2,27,29,30). The number of carbonyl (C=O) groups excluding carboxylic acids is 1. The predicted molar refractivity (Wildman–Crippen MR) is 106 cm³/mol. The molecule has 1 heterocycles. The Morgan fingerprint density at radius 2 is 1.71 bits per heavy atom. The number of alkyl halides is 3. The Balaban J connectivity index is 1.39. The largest absolute Gasteiger partial charge is 0.439 e. The first-order valence-corrected chi connectivity index (χ1v) is 9.36. The van der Waals surface area contributed by atoms with Crippen LogP contribution in [0.1, 0.15) is 16.7 Å². The number of benzene rings is 2. The molecule has 0 aliphatic rings. The van der Waals surface area contributed by atoms with Gasteiger partial charge in [0.05, 0.1) is 5.56 Å². The fourth-order valence-corrected chi connectivity index (χ4v) is 2.65. The summed E-state index contributed by atoms with van der Waals surface area (Å²) in [6.07, 6.45) is -2.44. The first-order valence-electron chi connectivity index (χ1n) is 9.36. The van der Waals surface area contributed by atoms with Gasteiger partial charge in [-0.3, -0.25) is 0 Å². The third-order valence-electron chi connectivity index (χ3n) is 4.25. The van der Waals surface area contributed by atoms with Crippen LogP contribution in [0.5, 0.6) is 11.6 Å². The lowest BCUT2D eigenvalue weighted by Crippen LogP contribution is -2.36. The number of amides is 2. The number of nitrogens with one attached hydrogen (secondary N) is 2. The Labute approximate surface area is 176 Å². The van der Waals surface area contributed by atoms with Gasteiger partial charge in [0.25, 0.3) is 0 Å². The number of hydrogen-bond acceptors (Lipinski definition) is 3. The highest BCUT2D eigenvalue weighted by Gasteiger charge is 2.29. The van der Waals surface area contributed by atoms with E-state index in [1.165, 1.54) is 36.5 Å². The number of pyridine rings is 1. The molecule has 1 aromatic heterocycles. The molecule has 3 rings (SSSR count). The molecule has 162 valence electrons. The smallest absolute Gasteiger partial charge is 0.416 e. The second-order valence-corrected chi connectivity index (χ2v) is 6.62. The van der Waals surface area contributed by atoms with Crippen LogP contribution in [0.3, 0.4) is 0 Å². The topological polar surface area (TPSA) is 63.2 Å². The minimum Gasteiger partial charge on any atom is -0.439 e. The number of hydrogen-bond donors (Lipinski definition) is 2. The molecule has 3 aromatic rings. The number of rotatable bonds is 7. The Morgan fingerprint density at radius 3 is 2.35 bits per heavy atom. The van der Waals surface area contributed by atoms with Crippen LogP contribution in [0.15, 0.2) is 66.9 Å². The summed E-state index contributed by atoms with van der Waals surface area (Å²) in [7, 11) is 0. The number of urea groups is 1. The lowest BCUT2D eigenvalue weighted by atomic mass is 10.1. The molecule has 0 radical (unpaired) electrons. The Hall–Kier alpha value is -3.62. The molecule has 0 atom stereocenters. The second kappa shape index (κ2) is 9.92. The molecule has 2 N–H and O–H groups in total. The predicted octanol–water partition coefficient (Wildman–Crippen LogP) is 5.07. The van der Waals surface area contributed by atoms with E-state index in [-0.39, 0.29) is 19.0 Å². The van der Waals surface area contributed by atoms with Crippen molar-refractivity contribution in [1.29, 1.82) is 0 Å². The van der Waals surface area contributed by atoms with Gasteiger partial charge in [-0.15, -0.1) is 0 Å². The number of nitrogens with zero attached hydrogens (tertiary/aromatic N) is 1.